The summed E-state index contributed by atoms with van der Waals surface area (Å²) < 4.78 is 16.5. The molecule has 2 aromatic rings. The van der Waals surface area contributed by atoms with Gasteiger partial charge in [0.1, 0.15) is 17.4 Å². The topological polar surface area (TPSA) is 107 Å². The van der Waals surface area contributed by atoms with Gasteiger partial charge >= 0.3 is 6.09 Å². The van der Waals surface area contributed by atoms with Gasteiger partial charge in [-0.2, -0.15) is 0 Å². The Hall–Kier alpha value is -2.77. The number of hydrogen-bond acceptors (Lipinski definition) is 6. The molecule has 0 bridgehead atoms. The fraction of sp³-hybridized carbons (Fsp3) is 0.400. The van der Waals surface area contributed by atoms with Crippen molar-refractivity contribution >= 4 is 6.09 Å². The zero-order valence-electron chi connectivity index (χ0n) is 12.6. The number of rotatable bonds is 5. The first-order valence-corrected chi connectivity index (χ1v) is 7.27. The smallest absolute Gasteiger partial charge is 0.404 e. The summed E-state index contributed by atoms with van der Waals surface area (Å²) in [6.07, 6.45) is 4.17. The molecule has 8 heteroatoms. The van der Waals surface area contributed by atoms with Gasteiger partial charge in [0.25, 0.3) is 0 Å². The number of pyridine rings is 1. The molecule has 1 amide bonds. The van der Waals surface area contributed by atoms with E-state index in [0.717, 1.165) is 12.8 Å². The van der Waals surface area contributed by atoms with E-state index < -0.39 is 6.09 Å². The largest absolute Gasteiger partial charge is 0.489 e. The molecule has 0 radical (unpaired) electrons. The highest BCUT2D eigenvalue weighted by molar-refractivity contribution is 5.70. The van der Waals surface area contributed by atoms with Gasteiger partial charge in [-0.1, -0.05) is 5.16 Å². The van der Waals surface area contributed by atoms with E-state index >= 15 is 0 Å². The Kier molecular flexibility index (Phi) is 4.31. The highest BCUT2D eigenvalue weighted by Crippen LogP contribution is 2.38. The first-order valence-electron chi connectivity index (χ1n) is 7.27. The Balaban J connectivity index is 1.80. The van der Waals surface area contributed by atoms with Crippen LogP contribution in [0.15, 0.2) is 29.0 Å². The predicted octanol–water partition coefficient (Wildman–Crippen LogP) is 2.31. The van der Waals surface area contributed by atoms with Crippen molar-refractivity contribution in [2.75, 3.05) is 7.11 Å². The average molecular weight is 319 g/mol. The number of amides is 1. The van der Waals surface area contributed by atoms with Crippen LogP contribution in [0.5, 0.6) is 11.6 Å². The first-order chi connectivity index (χ1) is 11.2. The zero-order valence-corrected chi connectivity index (χ0v) is 12.6. The second-order valence-electron chi connectivity index (χ2n) is 5.27. The molecule has 1 fully saturated rings. The highest BCUT2D eigenvalue weighted by Gasteiger charge is 2.29. The van der Waals surface area contributed by atoms with Gasteiger partial charge in [0.15, 0.2) is 5.76 Å². The molecule has 0 saturated heterocycles. The maximum Gasteiger partial charge on any atom is 0.404 e. The third-order valence-corrected chi connectivity index (χ3v) is 3.76. The highest BCUT2D eigenvalue weighted by atomic mass is 16.5. The van der Waals surface area contributed by atoms with Crippen LogP contribution in [0.3, 0.4) is 0 Å². The van der Waals surface area contributed by atoms with Crippen molar-refractivity contribution < 1.29 is 23.9 Å². The number of carboxylic acid groups (broad SMARTS) is 1. The van der Waals surface area contributed by atoms with Crippen molar-refractivity contribution in [1.82, 2.24) is 15.5 Å². The average Bonchev–Trinajstić information content (AvgIpc) is 3.18. The van der Waals surface area contributed by atoms with Crippen LogP contribution in [0.4, 0.5) is 4.79 Å². The van der Waals surface area contributed by atoms with Crippen LogP contribution >= 0.6 is 0 Å². The van der Waals surface area contributed by atoms with Crippen molar-refractivity contribution in [2.24, 2.45) is 0 Å². The van der Waals surface area contributed by atoms with E-state index in [4.69, 9.17) is 19.1 Å². The Bertz CT molecular complexity index is 674. The lowest BCUT2D eigenvalue weighted by atomic mass is 10.2. The second-order valence-corrected chi connectivity index (χ2v) is 5.27. The summed E-state index contributed by atoms with van der Waals surface area (Å²) in [4.78, 5) is 14.9. The molecule has 2 atom stereocenters. The molecule has 23 heavy (non-hydrogen) atoms. The number of nitrogens with zero attached hydrogens (tertiary/aromatic N) is 2. The molecule has 1 aliphatic carbocycles. The number of ether oxygens (including phenoxy) is 2. The minimum Gasteiger partial charge on any atom is -0.489 e. The number of hydrogen-bond donors (Lipinski definition) is 2. The van der Waals surface area contributed by atoms with Crippen LogP contribution in [0.2, 0.25) is 0 Å². The van der Waals surface area contributed by atoms with Crippen LogP contribution in [0.1, 0.15) is 19.3 Å². The lowest BCUT2D eigenvalue weighted by Crippen LogP contribution is -2.32. The summed E-state index contributed by atoms with van der Waals surface area (Å²) in [5.74, 6) is 1.47. The van der Waals surface area contributed by atoms with Crippen molar-refractivity contribution in [3.05, 3.63) is 24.5 Å². The fourth-order valence-corrected chi connectivity index (χ4v) is 2.78. The maximum absolute atomic E-state index is 10.7. The molecule has 0 unspecified atom stereocenters. The van der Waals surface area contributed by atoms with Gasteiger partial charge in [0.2, 0.25) is 5.88 Å². The molecule has 2 N–H and O–H groups in total. The molecule has 1 saturated carbocycles. The molecule has 122 valence electrons. The SMILES string of the molecule is COc1nccc(O[C@@H]2CC[C@H](NC(=O)O)C2)c1-c1ccno1. The summed E-state index contributed by atoms with van der Waals surface area (Å²) in [6.45, 7) is 0. The Labute approximate surface area is 132 Å². The van der Waals surface area contributed by atoms with Gasteiger partial charge in [-0.25, -0.2) is 9.78 Å². The molecule has 8 nitrogen and oxygen atoms in total. The zero-order chi connectivity index (χ0) is 16.2. The van der Waals surface area contributed by atoms with E-state index in [9.17, 15) is 4.79 Å². The van der Waals surface area contributed by atoms with E-state index in [0.29, 0.717) is 29.4 Å². The van der Waals surface area contributed by atoms with E-state index in [1.54, 1.807) is 18.3 Å². The summed E-state index contributed by atoms with van der Waals surface area (Å²) in [5.41, 5.74) is 0.599. The minimum absolute atomic E-state index is 0.0828. The van der Waals surface area contributed by atoms with Crippen LogP contribution < -0.4 is 14.8 Å². The van der Waals surface area contributed by atoms with Gasteiger partial charge in [-0.05, 0) is 18.9 Å². The van der Waals surface area contributed by atoms with E-state index in [1.165, 1.54) is 13.3 Å². The van der Waals surface area contributed by atoms with Crippen molar-refractivity contribution in [1.29, 1.82) is 0 Å². The number of aromatic nitrogens is 2. The minimum atomic E-state index is -1.01. The lowest BCUT2D eigenvalue weighted by molar-refractivity contribution is 0.185. The van der Waals surface area contributed by atoms with Crippen LogP contribution in [0, 0.1) is 0 Å². The van der Waals surface area contributed by atoms with Gasteiger partial charge in [0.05, 0.1) is 13.3 Å². The summed E-state index contributed by atoms with van der Waals surface area (Å²) in [6, 6.07) is 3.35. The molecule has 2 aromatic heterocycles. The predicted molar refractivity (Wildman–Crippen MR) is 79.5 cm³/mol. The molecule has 0 spiro atoms. The van der Waals surface area contributed by atoms with Gasteiger partial charge < -0.3 is 24.4 Å². The normalized spacial score (nSPS) is 20.2. The maximum atomic E-state index is 10.7. The summed E-state index contributed by atoms with van der Waals surface area (Å²) in [7, 11) is 1.52. The third-order valence-electron chi connectivity index (χ3n) is 3.76. The van der Waals surface area contributed by atoms with Crippen LogP contribution in [-0.2, 0) is 0 Å². The van der Waals surface area contributed by atoms with Crippen LogP contribution in [0.25, 0.3) is 11.3 Å². The van der Waals surface area contributed by atoms with E-state index in [2.05, 4.69) is 15.5 Å². The number of carbonyl (C=O) groups is 1. The first kappa shape index (κ1) is 15.1. The third kappa shape index (κ3) is 3.36. The summed E-state index contributed by atoms with van der Waals surface area (Å²) in [5, 5.41) is 15.0. The molecule has 0 aliphatic heterocycles. The Morgan fingerprint density at radius 3 is 2.96 bits per heavy atom. The molecular weight excluding hydrogens is 302 g/mol. The molecular formula is C15H17N3O5. The second kappa shape index (κ2) is 6.55. The molecule has 3 rings (SSSR count). The van der Waals surface area contributed by atoms with E-state index in [-0.39, 0.29) is 12.1 Å². The monoisotopic (exact) mass is 319 g/mol. The van der Waals surface area contributed by atoms with Gasteiger partial charge in [-0.3, -0.25) is 0 Å². The van der Waals surface area contributed by atoms with E-state index in [1.807, 2.05) is 0 Å². The van der Waals surface area contributed by atoms with Crippen molar-refractivity contribution in [3.8, 4) is 23.0 Å². The van der Waals surface area contributed by atoms with Crippen molar-refractivity contribution in [3.63, 3.8) is 0 Å². The summed E-state index contributed by atoms with van der Waals surface area (Å²) >= 11 is 0. The lowest BCUT2D eigenvalue weighted by Gasteiger charge is -2.17. The molecule has 0 aromatic carbocycles. The number of nitrogens with one attached hydrogen (secondary N) is 1. The Morgan fingerprint density at radius 1 is 1.39 bits per heavy atom. The standard InChI is InChI=1S/C15H17N3O5/c1-21-14-13(12-5-7-17-23-12)11(4-6-16-14)22-10-3-2-9(8-10)18-15(19)20/h4-7,9-10,18H,2-3,8H2,1H3,(H,19,20)/t9-,10+/m0/s1. The molecule has 2 heterocycles. The van der Waals surface area contributed by atoms with Crippen molar-refractivity contribution in [2.45, 2.75) is 31.4 Å². The fourth-order valence-electron chi connectivity index (χ4n) is 2.78. The number of methoxy groups -OCH3 is 1. The van der Waals surface area contributed by atoms with Gasteiger partial charge in [0, 0.05) is 24.7 Å². The quantitative estimate of drug-likeness (QED) is 0.870. The Morgan fingerprint density at radius 2 is 2.26 bits per heavy atom. The van der Waals surface area contributed by atoms with Crippen LogP contribution in [-0.4, -0.2) is 40.6 Å². The van der Waals surface area contributed by atoms with Gasteiger partial charge in [-0.15, -0.1) is 0 Å². The molecule has 1 aliphatic rings.